The summed E-state index contributed by atoms with van der Waals surface area (Å²) in [7, 11) is 0. The van der Waals surface area contributed by atoms with Gasteiger partial charge in [-0.2, -0.15) is 5.10 Å². The summed E-state index contributed by atoms with van der Waals surface area (Å²) in [4.78, 5) is 7.83. The van der Waals surface area contributed by atoms with Crippen LogP contribution >= 0.6 is 11.3 Å². The van der Waals surface area contributed by atoms with Gasteiger partial charge in [0, 0.05) is 35.5 Å². The summed E-state index contributed by atoms with van der Waals surface area (Å²) < 4.78 is 1.15. The van der Waals surface area contributed by atoms with Crippen LogP contribution in [0.4, 0.5) is 0 Å². The zero-order chi connectivity index (χ0) is 19.8. The average molecular weight is 403 g/mol. The second kappa shape index (κ2) is 7.46. The molecule has 5 rings (SSSR count). The van der Waals surface area contributed by atoms with Crippen molar-refractivity contribution in [3.8, 4) is 22.5 Å². The summed E-state index contributed by atoms with van der Waals surface area (Å²) in [6, 6.07) is 12.8. The van der Waals surface area contributed by atoms with Gasteiger partial charge in [-0.3, -0.25) is 10.1 Å². The van der Waals surface area contributed by atoms with Crippen molar-refractivity contribution in [1.82, 2.24) is 20.2 Å². The molecule has 0 fully saturated rings. The summed E-state index contributed by atoms with van der Waals surface area (Å²) in [5, 5.41) is 20.4. The van der Waals surface area contributed by atoms with Gasteiger partial charge < -0.3 is 10.1 Å². The Morgan fingerprint density at radius 2 is 1.97 bits per heavy atom. The lowest BCUT2D eigenvalue weighted by Crippen LogP contribution is -2.00. The molecular formula is C23H22N4OS. The predicted octanol–water partition coefficient (Wildman–Crippen LogP) is 5.71. The van der Waals surface area contributed by atoms with E-state index in [1.165, 1.54) is 10.9 Å². The quantitative estimate of drug-likeness (QED) is 0.340. The number of nitrogens with one attached hydrogen (secondary N) is 2. The van der Waals surface area contributed by atoms with Crippen molar-refractivity contribution in [2.45, 2.75) is 25.7 Å². The third kappa shape index (κ3) is 3.05. The van der Waals surface area contributed by atoms with Crippen LogP contribution in [-0.4, -0.2) is 31.9 Å². The fourth-order valence-electron chi connectivity index (χ4n) is 4.14. The third-order valence-electron chi connectivity index (χ3n) is 5.64. The molecule has 0 aliphatic heterocycles. The molecule has 3 N–H and O–H groups in total. The van der Waals surface area contributed by atoms with Gasteiger partial charge in [0.2, 0.25) is 0 Å². The van der Waals surface area contributed by atoms with E-state index >= 15 is 0 Å². The number of aliphatic hydroxyl groups excluding tert-OH is 1. The van der Waals surface area contributed by atoms with Crippen LogP contribution in [0.3, 0.4) is 0 Å². The Morgan fingerprint density at radius 1 is 1.10 bits per heavy atom. The first-order valence-corrected chi connectivity index (χ1v) is 10.8. The van der Waals surface area contributed by atoms with Gasteiger partial charge in [-0.05, 0) is 59.5 Å². The SMILES string of the molecule is CCC(CCO)c1ccc2c(-c3ccncc3)c(-c3n[nH]c4ccsc34)[nH]c2c1. The van der Waals surface area contributed by atoms with Crippen LogP contribution in [0.15, 0.2) is 54.2 Å². The molecule has 1 unspecified atom stereocenters. The Morgan fingerprint density at radius 3 is 2.76 bits per heavy atom. The van der Waals surface area contributed by atoms with Crippen LogP contribution in [0.25, 0.3) is 43.6 Å². The van der Waals surface area contributed by atoms with Gasteiger partial charge in [0.1, 0.15) is 5.69 Å². The molecule has 1 atom stereocenters. The topological polar surface area (TPSA) is 77.6 Å². The van der Waals surface area contributed by atoms with Crippen molar-refractivity contribution < 1.29 is 5.11 Å². The van der Waals surface area contributed by atoms with Crippen molar-refractivity contribution in [2.24, 2.45) is 0 Å². The molecule has 0 radical (unpaired) electrons. The number of pyridine rings is 1. The highest BCUT2D eigenvalue weighted by Crippen LogP contribution is 2.41. The number of aromatic amines is 2. The van der Waals surface area contributed by atoms with Crippen LogP contribution in [0.2, 0.25) is 0 Å². The summed E-state index contributed by atoms with van der Waals surface area (Å²) in [5.74, 6) is 0.356. The zero-order valence-corrected chi connectivity index (χ0v) is 17.0. The minimum absolute atomic E-state index is 0.207. The van der Waals surface area contributed by atoms with E-state index in [4.69, 9.17) is 0 Å². The molecule has 0 saturated heterocycles. The fraction of sp³-hybridized carbons (Fsp3) is 0.217. The zero-order valence-electron chi connectivity index (χ0n) is 16.1. The van der Waals surface area contributed by atoms with E-state index in [0.717, 1.165) is 51.1 Å². The van der Waals surface area contributed by atoms with E-state index in [0.29, 0.717) is 5.92 Å². The molecule has 5 aromatic rings. The molecule has 0 saturated carbocycles. The van der Waals surface area contributed by atoms with E-state index < -0.39 is 0 Å². The Kier molecular flexibility index (Phi) is 4.66. The number of nitrogens with zero attached hydrogens (tertiary/aromatic N) is 2. The number of aliphatic hydroxyl groups is 1. The Hall–Kier alpha value is -2.96. The van der Waals surface area contributed by atoms with Gasteiger partial charge in [-0.15, -0.1) is 11.3 Å². The Bertz CT molecular complexity index is 1270. The maximum absolute atomic E-state index is 9.42. The van der Waals surface area contributed by atoms with Gasteiger partial charge in [-0.25, -0.2) is 0 Å². The molecule has 4 heterocycles. The number of H-pyrrole nitrogens is 2. The van der Waals surface area contributed by atoms with Crippen molar-refractivity contribution >= 4 is 32.5 Å². The first-order chi connectivity index (χ1) is 14.3. The summed E-state index contributed by atoms with van der Waals surface area (Å²) >= 11 is 1.69. The molecular weight excluding hydrogens is 380 g/mol. The lowest BCUT2D eigenvalue weighted by molar-refractivity contribution is 0.274. The minimum atomic E-state index is 0.207. The normalized spacial score (nSPS) is 12.8. The molecule has 0 amide bonds. The molecule has 0 spiro atoms. The van der Waals surface area contributed by atoms with Crippen LogP contribution in [0.1, 0.15) is 31.2 Å². The van der Waals surface area contributed by atoms with Gasteiger partial charge in [0.05, 0.1) is 15.9 Å². The number of rotatable bonds is 6. The number of hydrogen-bond donors (Lipinski definition) is 3. The van der Waals surface area contributed by atoms with Gasteiger partial charge in [-0.1, -0.05) is 19.1 Å². The van der Waals surface area contributed by atoms with Crippen molar-refractivity contribution in [3.05, 3.63) is 59.7 Å². The van der Waals surface area contributed by atoms with Crippen molar-refractivity contribution in [2.75, 3.05) is 6.61 Å². The van der Waals surface area contributed by atoms with Gasteiger partial charge in [0.25, 0.3) is 0 Å². The van der Waals surface area contributed by atoms with Crippen molar-refractivity contribution in [3.63, 3.8) is 0 Å². The number of fused-ring (bicyclic) bond motifs is 2. The summed E-state index contributed by atoms with van der Waals surface area (Å²) in [6.07, 6.45) is 5.44. The van der Waals surface area contributed by atoms with E-state index in [9.17, 15) is 5.11 Å². The number of thiophene rings is 1. The highest BCUT2D eigenvalue weighted by molar-refractivity contribution is 7.17. The van der Waals surface area contributed by atoms with E-state index in [2.05, 4.69) is 56.7 Å². The highest BCUT2D eigenvalue weighted by Gasteiger charge is 2.20. The number of hydrogen-bond acceptors (Lipinski definition) is 4. The maximum atomic E-state index is 9.42. The molecule has 5 nitrogen and oxygen atoms in total. The summed E-state index contributed by atoms with van der Waals surface area (Å²) in [5.41, 5.74) is 7.63. The standard InChI is InChI=1S/C23H22N4OS/c1-2-14(7-11-28)16-3-4-17-19(13-16)25-21(20(17)15-5-9-24-10-6-15)22-23-18(26-27-22)8-12-29-23/h3-6,8-10,12-14,25,28H,2,7,11H2,1H3,(H,26,27). The highest BCUT2D eigenvalue weighted by atomic mass is 32.1. The number of aromatic nitrogens is 4. The molecule has 6 heteroatoms. The van der Waals surface area contributed by atoms with Crippen LogP contribution in [-0.2, 0) is 0 Å². The van der Waals surface area contributed by atoms with Crippen LogP contribution in [0.5, 0.6) is 0 Å². The van der Waals surface area contributed by atoms with E-state index in [-0.39, 0.29) is 6.61 Å². The lowest BCUT2D eigenvalue weighted by Gasteiger charge is -2.14. The first-order valence-electron chi connectivity index (χ1n) is 9.89. The number of benzene rings is 1. The van der Waals surface area contributed by atoms with E-state index in [1.807, 2.05) is 24.5 Å². The molecule has 29 heavy (non-hydrogen) atoms. The molecule has 0 aliphatic carbocycles. The smallest absolute Gasteiger partial charge is 0.127 e. The molecule has 146 valence electrons. The maximum Gasteiger partial charge on any atom is 0.127 e. The lowest BCUT2D eigenvalue weighted by atomic mass is 9.92. The fourth-order valence-corrected chi connectivity index (χ4v) is 4.98. The molecule has 4 aromatic heterocycles. The third-order valence-corrected chi connectivity index (χ3v) is 6.56. The predicted molar refractivity (Wildman–Crippen MR) is 119 cm³/mol. The Labute approximate surface area is 172 Å². The van der Waals surface area contributed by atoms with Gasteiger partial charge in [0.15, 0.2) is 0 Å². The molecule has 1 aromatic carbocycles. The minimum Gasteiger partial charge on any atom is -0.396 e. The second-order valence-electron chi connectivity index (χ2n) is 7.27. The molecule has 0 bridgehead atoms. The van der Waals surface area contributed by atoms with Gasteiger partial charge >= 0.3 is 0 Å². The average Bonchev–Trinajstić information content (AvgIpc) is 3.46. The first kappa shape index (κ1) is 18.1. The van der Waals surface area contributed by atoms with E-state index in [1.54, 1.807) is 11.3 Å². The second-order valence-corrected chi connectivity index (χ2v) is 8.19. The summed E-state index contributed by atoms with van der Waals surface area (Å²) in [6.45, 7) is 2.38. The monoisotopic (exact) mass is 402 g/mol. The molecule has 0 aliphatic rings. The largest absolute Gasteiger partial charge is 0.396 e. The van der Waals surface area contributed by atoms with Crippen LogP contribution in [0, 0.1) is 0 Å². The van der Waals surface area contributed by atoms with Crippen LogP contribution < -0.4 is 0 Å². The van der Waals surface area contributed by atoms with Crippen molar-refractivity contribution in [1.29, 1.82) is 0 Å². The Balaban J connectivity index is 1.76.